The number of fused-ring (bicyclic) bond motifs is 1. The number of nitrogens with zero attached hydrogens (tertiary/aromatic N) is 2. The molecule has 1 aliphatic rings. The van der Waals surface area contributed by atoms with E-state index in [2.05, 4.69) is 79.1 Å². The molecule has 6 heteroatoms. The molecule has 0 radical (unpaired) electrons. The second kappa shape index (κ2) is 15.1. The SMILES string of the molecule is CC(C)(C)N1CC=C(c2c[nH]c3ccc(Sc4ccccn4)cc23)CC1.CCCCCCCCCC(=O)O. The van der Waals surface area contributed by atoms with E-state index < -0.39 is 5.97 Å². The fourth-order valence-electron chi connectivity index (χ4n) is 4.71. The molecule has 2 N–H and O–H groups in total. The van der Waals surface area contributed by atoms with Gasteiger partial charge in [-0.1, -0.05) is 69.4 Å². The van der Waals surface area contributed by atoms with Crippen LogP contribution in [0.5, 0.6) is 0 Å². The summed E-state index contributed by atoms with van der Waals surface area (Å²) in [5.41, 5.74) is 4.23. The van der Waals surface area contributed by atoms with E-state index in [1.54, 1.807) is 11.8 Å². The van der Waals surface area contributed by atoms with Crippen molar-refractivity contribution in [2.45, 2.75) is 101 Å². The number of rotatable bonds is 11. The lowest BCUT2D eigenvalue weighted by atomic mass is 9.96. The molecule has 38 heavy (non-hydrogen) atoms. The minimum absolute atomic E-state index is 0.231. The van der Waals surface area contributed by atoms with Crippen molar-refractivity contribution in [2.24, 2.45) is 0 Å². The third kappa shape index (κ3) is 9.63. The molecule has 0 spiro atoms. The Hall–Kier alpha value is -2.57. The lowest BCUT2D eigenvalue weighted by Gasteiger charge is -2.37. The van der Waals surface area contributed by atoms with Gasteiger partial charge in [0.15, 0.2) is 0 Å². The average Bonchev–Trinajstić information content (AvgIpc) is 3.32. The molecule has 1 aromatic carbocycles. The molecular formula is C32H45N3O2S. The monoisotopic (exact) mass is 535 g/mol. The van der Waals surface area contributed by atoms with Crippen LogP contribution < -0.4 is 0 Å². The highest BCUT2D eigenvalue weighted by Gasteiger charge is 2.24. The van der Waals surface area contributed by atoms with Crippen LogP contribution in [-0.2, 0) is 4.79 Å². The van der Waals surface area contributed by atoms with Crippen LogP contribution in [0.25, 0.3) is 16.5 Å². The summed E-state index contributed by atoms with van der Waals surface area (Å²) in [5, 5.41) is 10.7. The molecule has 1 aliphatic heterocycles. The summed E-state index contributed by atoms with van der Waals surface area (Å²) in [5.74, 6) is -0.663. The predicted octanol–water partition coefficient (Wildman–Crippen LogP) is 8.81. The Balaban J connectivity index is 0.000000284. The molecule has 0 amide bonds. The Kier molecular flexibility index (Phi) is 11.9. The normalized spacial score (nSPS) is 14.2. The molecule has 2 aromatic heterocycles. The van der Waals surface area contributed by atoms with Gasteiger partial charge < -0.3 is 10.1 Å². The van der Waals surface area contributed by atoms with Gasteiger partial charge in [0.2, 0.25) is 0 Å². The summed E-state index contributed by atoms with van der Waals surface area (Å²) in [6.07, 6.45) is 16.1. The highest BCUT2D eigenvalue weighted by atomic mass is 32.2. The van der Waals surface area contributed by atoms with Gasteiger partial charge in [0.05, 0.1) is 0 Å². The number of carboxylic acid groups (broad SMARTS) is 1. The molecule has 206 valence electrons. The second-order valence-electron chi connectivity index (χ2n) is 11.0. The zero-order chi connectivity index (χ0) is 27.4. The number of carboxylic acids is 1. The van der Waals surface area contributed by atoms with Crippen molar-refractivity contribution in [2.75, 3.05) is 13.1 Å². The summed E-state index contributed by atoms with van der Waals surface area (Å²) in [4.78, 5) is 21.8. The van der Waals surface area contributed by atoms with Crippen LogP contribution in [0.3, 0.4) is 0 Å². The first-order valence-electron chi connectivity index (χ1n) is 14.1. The maximum Gasteiger partial charge on any atom is 0.303 e. The van der Waals surface area contributed by atoms with E-state index in [-0.39, 0.29) is 5.54 Å². The Labute approximate surface area is 233 Å². The number of H-pyrrole nitrogens is 1. The molecule has 0 saturated carbocycles. The third-order valence-corrected chi connectivity index (χ3v) is 7.95. The minimum atomic E-state index is -0.663. The summed E-state index contributed by atoms with van der Waals surface area (Å²) >= 11 is 1.71. The van der Waals surface area contributed by atoms with Gasteiger partial charge >= 0.3 is 5.97 Å². The average molecular weight is 536 g/mol. The van der Waals surface area contributed by atoms with E-state index >= 15 is 0 Å². The van der Waals surface area contributed by atoms with Crippen molar-refractivity contribution in [1.82, 2.24) is 14.9 Å². The van der Waals surface area contributed by atoms with Crippen LogP contribution in [0.15, 0.2) is 64.8 Å². The van der Waals surface area contributed by atoms with Gasteiger partial charge in [0, 0.05) is 58.8 Å². The van der Waals surface area contributed by atoms with Gasteiger partial charge in [-0.25, -0.2) is 4.98 Å². The summed E-state index contributed by atoms with van der Waals surface area (Å²) < 4.78 is 0. The number of aromatic amines is 1. The zero-order valence-electron chi connectivity index (χ0n) is 23.6. The van der Waals surface area contributed by atoms with E-state index in [4.69, 9.17) is 5.11 Å². The number of unbranched alkanes of at least 4 members (excludes halogenated alkanes) is 6. The molecule has 0 aliphatic carbocycles. The van der Waals surface area contributed by atoms with Crippen LogP contribution in [0.4, 0.5) is 0 Å². The van der Waals surface area contributed by atoms with E-state index in [9.17, 15) is 4.79 Å². The fraction of sp³-hybridized carbons (Fsp3) is 0.500. The molecule has 0 bridgehead atoms. The number of aliphatic carboxylic acids is 1. The number of hydrogen-bond acceptors (Lipinski definition) is 4. The number of benzene rings is 1. The number of carbonyl (C=O) groups is 1. The Bertz CT molecular complexity index is 1160. The third-order valence-electron chi connectivity index (χ3n) is 7.01. The molecule has 3 aromatic rings. The van der Waals surface area contributed by atoms with Crippen LogP contribution in [0.2, 0.25) is 0 Å². The first-order valence-corrected chi connectivity index (χ1v) is 15.0. The van der Waals surface area contributed by atoms with Crippen molar-refractivity contribution < 1.29 is 9.90 Å². The molecule has 0 fully saturated rings. The van der Waals surface area contributed by atoms with Gasteiger partial charge in [0.25, 0.3) is 0 Å². The van der Waals surface area contributed by atoms with Crippen molar-refractivity contribution in [3.63, 3.8) is 0 Å². The van der Waals surface area contributed by atoms with E-state index in [1.807, 2.05) is 18.3 Å². The first kappa shape index (κ1) is 30.0. The highest BCUT2D eigenvalue weighted by molar-refractivity contribution is 7.99. The number of pyridine rings is 1. The summed E-state index contributed by atoms with van der Waals surface area (Å²) in [6.45, 7) is 11.2. The lowest BCUT2D eigenvalue weighted by Crippen LogP contribution is -2.43. The highest BCUT2D eigenvalue weighted by Crippen LogP contribution is 2.34. The van der Waals surface area contributed by atoms with Crippen molar-refractivity contribution in [1.29, 1.82) is 0 Å². The number of nitrogens with one attached hydrogen (secondary N) is 1. The summed E-state index contributed by atoms with van der Waals surface area (Å²) in [6, 6.07) is 12.7. The van der Waals surface area contributed by atoms with Gasteiger partial charge in [0.1, 0.15) is 5.03 Å². The lowest BCUT2D eigenvalue weighted by molar-refractivity contribution is -0.137. The zero-order valence-corrected chi connectivity index (χ0v) is 24.4. The first-order chi connectivity index (χ1) is 18.3. The van der Waals surface area contributed by atoms with Crippen molar-refractivity contribution in [3.8, 4) is 0 Å². The maximum atomic E-state index is 10.1. The van der Waals surface area contributed by atoms with Gasteiger partial charge in [-0.05, 0) is 69.5 Å². The quantitative estimate of drug-likeness (QED) is 0.240. The van der Waals surface area contributed by atoms with E-state index in [0.717, 1.165) is 37.4 Å². The molecule has 0 saturated heterocycles. The Morgan fingerprint density at radius 3 is 2.47 bits per heavy atom. The van der Waals surface area contributed by atoms with Crippen LogP contribution in [0.1, 0.15) is 91.0 Å². The van der Waals surface area contributed by atoms with Crippen LogP contribution in [-0.4, -0.2) is 44.6 Å². The Morgan fingerprint density at radius 1 is 1.08 bits per heavy atom. The second-order valence-corrected chi connectivity index (χ2v) is 12.1. The molecule has 0 atom stereocenters. The molecule has 0 unspecified atom stereocenters. The van der Waals surface area contributed by atoms with E-state index in [0.29, 0.717) is 6.42 Å². The van der Waals surface area contributed by atoms with Crippen molar-refractivity contribution in [3.05, 3.63) is 60.4 Å². The van der Waals surface area contributed by atoms with Crippen LogP contribution in [0, 0.1) is 0 Å². The van der Waals surface area contributed by atoms with Gasteiger partial charge in [-0.2, -0.15) is 0 Å². The predicted molar refractivity (Wildman–Crippen MR) is 161 cm³/mol. The number of hydrogen-bond donors (Lipinski definition) is 2. The fourth-order valence-corrected chi connectivity index (χ4v) is 5.53. The van der Waals surface area contributed by atoms with Crippen LogP contribution >= 0.6 is 11.8 Å². The molecule has 4 rings (SSSR count). The number of aromatic nitrogens is 2. The Morgan fingerprint density at radius 2 is 1.84 bits per heavy atom. The van der Waals surface area contributed by atoms with E-state index in [1.165, 1.54) is 59.0 Å². The molecule has 3 heterocycles. The topological polar surface area (TPSA) is 69.2 Å². The summed E-state index contributed by atoms with van der Waals surface area (Å²) in [7, 11) is 0. The smallest absolute Gasteiger partial charge is 0.303 e. The molecular weight excluding hydrogens is 490 g/mol. The standard InChI is InChI=1S/C22H25N3S.C10H20O2/c1-22(2,3)25-12-9-16(10-13-25)19-15-24-20-8-7-17(14-18(19)20)26-21-6-4-5-11-23-21;1-2-3-4-5-6-7-8-9-10(11)12/h4-9,11,14-15,24H,10,12-13H2,1-3H3;2-9H2,1H3,(H,11,12). The molecule has 5 nitrogen and oxygen atoms in total. The van der Waals surface area contributed by atoms with Crippen molar-refractivity contribution >= 4 is 34.2 Å². The largest absolute Gasteiger partial charge is 0.481 e. The maximum absolute atomic E-state index is 10.1. The minimum Gasteiger partial charge on any atom is -0.481 e. The van der Waals surface area contributed by atoms with Gasteiger partial charge in [-0.15, -0.1) is 0 Å². The van der Waals surface area contributed by atoms with Gasteiger partial charge in [-0.3, -0.25) is 9.69 Å².